The summed E-state index contributed by atoms with van der Waals surface area (Å²) in [6.07, 6.45) is 16.4. The van der Waals surface area contributed by atoms with Crippen molar-refractivity contribution < 1.29 is 72.2 Å². The maximum absolute atomic E-state index is 13.9. The third-order valence-electron chi connectivity index (χ3n) is 23.8. The third kappa shape index (κ3) is 39.8. The number of rotatable bonds is 23. The van der Waals surface area contributed by atoms with Crippen molar-refractivity contribution in [1.29, 1.82) is 0 Å². The van der Waals surface area contributed by atoms with Crippen LogP contribution in [0.2, 0.25) is 5.02 Å². The van der Waals surface area contributed by atoms with Crippen molar-refractivity contribution in [2.45, 2.75) is 319 Å². The number of amides is 2. The van der Waals surface area contributed by atoms with Crippen LogP contribution in [-0.2, 0) is 52.9 Å². The summed E-state index contributed by atoms with van der Waals surface area (Å²) in [5, 5.41) is 6.75. The molecule has 1 aliphatic heterocycles. The number of ether oxygens (including phenoxy) is 5. The minimum atomic E-state index is -1.77. The summed E-state index contributed by atoms with van der Waals surface area (Å²) in [7, 11) is 1.66. The van der Waals surface area contributed by atoms with Gasteiger partial charge >= 0.3 is 0 Å². The van der Waals surface area contributed by atoms with Gasteiger partial charge in [0.1, 0.15) is 52.9 Å². The molecule has 1 heterocycles. The van der Waals surface area contributed by atoms with Gasteiger partial charge in [0.15, 0.2) is 23.1 Å². The van der Waals surface area contributed by atoms with Gasteiger partial charge in [0.05, 0.1) is 45.9 Å². The monoisotopic (exact) mass is 1880 g/mol. The van der Waals surface area contributed by atoms with E-state index in [4.69, 9.17) is 43.5 Å². The van der Waals surface area contributed by atoms with Gasteiger partial charge in [-0.25, -0.2) is 30.7 Å². The standard InChI is InChI=1S/C17H26FNO.C15H20FNO.C14H19ClO.C14H18FNO.C14H20FN.2C14H19FO.C13H19FO/c1-17(2,3)14-7-8-15(18)16(13-14)20-12-11-19-9-5-4-6-10-19;1-15(2,3)11-7-8-12(16)13(9-11)17(4)14(18)10-5-6-10;1-14(2,3)11-6-12(15)8-13(7-11)16-9-10-4-5-10;1-14(2,3)10-6-7-11(15)12(8-10)16-13(17)9-4-5-9;2*1-14(2,3)11-6-12(15)8-13(7-11)16-9-10-4-5-10;1-14(2,3)11-6-7-12(15)13(8-11)16-9-10-4-5-10;1-5-6-15-12-8-10(13(2,3)4)7-11(14)9-12/h7-8,13H,4-6,9-12H2,1-3H3;7-10H,5-6H2,1-4H3;6-8,10H,4-5,9H2,1-3H3;6-9H,4-5H2,1-3H3,(H,16,17);6-8,10,16H,4-5,9H2,1-3H3;2*6-8,10H,4-5,9H2,1-3H3;7-9H,5-6H2,1-4H3/i;;;;;2*9D2;6D2. The molecule has 7 aliphatic rings. The molecule has 19 heteroatoms. The van der Waals surface area contributed by atoms with E-state index in [2.05, 4.69) is 132 Å². The molecular weight excluding hydrogens is 1720 g/mol. The molecule has 0 spiro atoms. The number of piperidine rings is 1. The number of carbonyl (C=O) groups is 2. The highest BCUT2D eigenvalue weighted by atomic mass is 35.5. The van der Waals surface area contributed by atoms with E-state index in [0.717, 1.165) is 151 Å². The van der Waals surface area contributed by atoms with E-state index in [0.29, 0.717) is 23.7 Å². The lowest BCUT2D eigenvalue weighted by Crippen LogP contribution is -2.33. The van der Waals surface area contributed by atoms with Gasteiger partial charge in [0, 0.05) is 54.8 Å². The molecule has 2 amide bonds. The Bertz CT molecular complexity index is 5310. The Balaban J connectivity index is 0.000000196. The maximum atomic E-state index is 13.9. The molecule has 6 saturated carbocycles. The molecule has 2 N–H and O–H groups in total. The van der Waals surface area contributed by atoms with Crippen LogP contribution in [0.5, 0.6) is 28.7 Å². The van der Waals surface area contributed by atoms with E-state index < -0.39 is 31.3 Å². The van der Waals surface area contributed by atoms with E-state index in [9.17, 15) is 40.3 Å². The quantitative estimate of drug-likeness (QED) is 0.0605. The fourth-order valence-electron chi connectivity index (χ4n) is 13.5. The summed E-state index contributed by atoms with van der Waals surface area (Å²) in [6, 6.07) is 39.9. The van der Waals surface area contributed by atoms with Gasteiger partial charge in [0.25, 0.3) is 0 Å². The molecule has 0 radical (unpaired) electrons. The first-order chi connectivity index (χ1) is 64.6. The first-order valence-corrected chi connectivity index (χ1v) is 48.8. The predicted molar refractivity (Wildman–Crippen MR) is 541 cm³/mol. The minimum absolute atomic E-state index is 0.00187. The Morgan fingerprint density at radius 1 is 0.403 bits per heavy atom. The fourth-order valence-corrected chi connectivity index (χ4v) is 13.7. The topological polar surface area (TPSA) is 111 Å². The Morgan fingerprint density at radius 2 is 0.799 bits per heavy atom. The molecule has 738 valence electrons. The molecule has 1 saturated heterocycles. The van der Waals surface area contributed by atoms with Gasteiger partial charge in [-0.1, -0.05) is 215 Å². The lowest BCUT2D eigenvalue weighted by Gasteiger charge is -2.26. The number of carbonyl (C=O) groups excluding carboxylic acids is 2. The van der Waals surface area contributed by atoms with E-state index in [1.807, 2.05) is 86.6 Å². The van der Waals surface area contributed by atoms with E-state index in [-0.39, 0.29) is 132 Å². The fraction of sp³-hybridized carbons (Fsp3) is 0.565. The van der Waals surface area contributed by atoms with E-state index in [1.165, 1.54) is 104 Å². The van der Waals surface area contributed by atoms with Crippen LogP contribution in [0.3, 0.4) is 0 Å². The minimum Gasteiger partial charge on any atom is -0.493 e. The first-order valence-electron chi connectivity index (χ1n) is 51.4. The molecule has 0 unspecified atom stereocenters. The van der Waals surface area contributed by atoms with Crippen molar-refractivity contribution in [3.05, 3.63) is 236 Å². The number of halogens is 8. The highest BCUT2D eigenvalue weighted by Gasteiger charge is 2.35. The van der Waals surface area contributed by atoms with Crippen molar-refractivity contribution in [3.8, 4) is 28.7 Å². The van der Waals surface area contributed by atoms with Crippen LogP contribution in [0.1, 0.15) is 329 Å². The molecule has 0 atom stereocenters. The van der Waals surface area contributed by atoms with E-state index in [1.54, 1.807) is 74.6 Å². The van der Waals surface area contributed by atoms with Crippen molar-refractivity contribution >= 4 is 40.5 Å². The summed E-state index contributed by atoms with van der Waals surface area (Å²) in [5.74, 6) is 0.990. The molecule has 134 heavy (non-hydrogen) atoms. The van der Waals surface area contributed by atoms with Crippen molar-refractivity contribution in [2.75, 3.05) is 81.7 Å². The molecule has 15 rings (SSSR count). The Hall–Kier alpha value is -8.74. The number of hydrogen-bond acceptors (Lipinski definition) is 9. The van der Waals surface area contributed by atoms with Gasteiger partial charge in [-0.15, -0.1) is 0 Å². The predicted octanol–water partition coefficient (Wildman–Crippen LogP) is 31.1. The van der Waals surface area contributed by atoms with Gasteiger partial charge in [-0.2, -0.15) is 0 Å². The van der Waals surface area contributed by atoms with E-state index >= 15 is 0 Å². The van der Waals surface area contributed by atoms with Crippen molar-refractivity contribution in [3.63, 3.8) is 0 Å². The molecule has 0 bridgehead atoms. The molecule has 8 aromatic carbocycles. The van der Waals surface area contributed by atoms with Crippen molar-refractivity contribution in [2.24, 2.45) is 35.5 Å². The van der Waals surface area contributed by atoms with Crippen LogP contribution < -0.4 is 39.2 Å². The molecular formula is C115H160ClF7N4O7. The second-order valence-corrected chi connectivity index (χ2v) is 45.7. The van der Waals surface area contributed by atoms with Crippen LogP contribution in [0.25, 0.3) is 0 Å². The Morgan fingerprint density at radius 3 is 1.25 bits per heavy atom. The van der Waals surface area contributed by atoms with Gasteiger partial charge in [-0.3, -0.25) is 14.5 Å². The molecule has 6 aliphatic carbocycles. The normalized spacial score (nSPS) is 16.7. The zero-order valence-electron chi connectivity index (χ0n) is 91.2. The highest BCUT2D eigenvalue weighted by molar-refractivity contribution is 6.30. The number of benzene rings is 8. The lowest BCUT2D eigenvalue weighted by molar-refractivity contribution is -0.119. The largest absolute Gasteiger partial charge is 0.493 e. The highest BCUT2D eigenvalue weighted by Crippen LogP contribution is 2.41. The number of anilines is 3. The summed E-state index contributed by atoms with van der Waals surface area (Å²) in [4.78, 5) is 27.4. The number of hydrogen-bond donors (Lipinski definition) is 2. The molecule has 8 aromatic rings. The second kappa shape index (κ2) is 48.5. The zero-order valence-corrected chi connectivity index (χ0v) is 85.9. The summed E-state index contributed by atoms with van der Waals surface area (Å²) in [5.41, 5.74) is 9.10. The smallest absolute Gasteiger partial charge is 0.229 e. The average Bonchev–Trinajstić information content (AvgIpc) is 1.70. The summed E-state index contributed by atoms with van der Waals surface area (Å²) >= 11 is 6.11. The van der Waals surface area contributed by atoms with Gasteiger partial charge < -0.3 is 39.2 Å². The molecule has 11 nitrogen and oxygen atoms in total. The summed E-state index contributed by atoms with van der Waals surface area (Å²) in [6.45, 7) is 51.6. The van der Waals surface area contributed by atoms with Crippen LogP contribution in [0.4, 0.5) is 47.8 Å². The van der Waals surface area contributed by atoms with Crippen molar-refractivity contribution in [1.82, 2.24) is 4.90 Å². The van der Waals surface area contributed by atoms with Gasteiger partial charge in [-0.05, 0) is 330 Å². The Labute approximate surface area is 814 Å². The van der Waals surface area contributed by atoms with Crippen LogP contribution in [0, 0.1) is 76.2 Å². The number of nitrogens with zero attached hydrogens (tertiary/aromatic N) is 2. The molecule has 7 fully saturated rings. The number of nitrogens with one attached hydrogen (secondary N) is 2. The SMILES string of the molecule is CC(C)(C)c1cc(Cl)cc(OCC2CC2)c1.CC(C)(C)c1cc(F)cc(NCC2CC2)c1.CC(C)(C)c1ccc(F)c(NC(=O)C2CC2)c1.CC(C)(C)c1ccc(F)c(OCCN2CCCCC2)c1.CN(C(=O)C1CC1)c1cc(C(C)(C)C)ccc1F.[2H]C([2H])(CC)Oc1cc(F)cc(C(C)(C)C)c1.[2H]C([2H])(Oc1cc(C(C)(C)C)ccc1F)C1CC1.[2H]C([2H])(Oc1cc(F)cc(C(C)(C)C)c1)C1CC1. The summed E-state index contributed by atoms with van der Waals surface area (Å²) < 4.78 is 169. The maximum Gasteiger partial charge on any atom is 0.229 e. The molecule has 0 aromatic heterocycles. The second-order valence-electron chi connectivity index (χ2n) is 45.3. The van der Waals surface area contributed by atoms with Crippen LogP contribution in [-0.4, -0.2) is 82.8 Å². The van der Waals surface area contributed by atoms with Gasteiger partial charge in [0.2, 0.25) is 11.8 Å². The average molecular weight is 1890 g/mol. The van der Waals surface area contributed by atoms with Crippen LogP contribution >= 0.6 is 11.6 Å². The zero-order chi connectivity index (χ0) is 105. The Kier molecular flexibility index (Phi) is 36.6. The first kappa shape index (κ1) is 101. The number of likely N-dealkylation sites (tertiary alicyclic amines) is 1. The van der Waals surface area contributed by atoms with Crippen LogP contribution in [0.15, 0.2) is 146 Å². The lowest BCUT2D eigenvalue weighted by atomic mass is 9.87. The third-order valence-corrected chi connectivity index (χ3v) is 24.0.